The number of amides is 2. The van der Waals surface area contributed by atoms with Crippen molar-refractivity contribution < 1.29 is 9.59 Å². The average Bonchev–Trinajstić information content (AvgIpc) is 2.60. The van der Waals surface area contributed by atoms with E-state index in [1.165, 1.54) is 0 Å². The van der Waals surface area contributed by atoms with Gasteiger partial charge in [0.25, 0.3) is 0 Å². The van der Waals surface area contributed by atoms with Crippen LogP contribution >= 0.6 is 11.6 Å². The maximum absolute atomic E-state index is 12.9. The fraction of sp³-hybridized carbons (Fsp3) is 0.300. The Labute approximate surface area is 153 Å². The highest BCUT2D eigenvalue weighted by Crippen LogP contribution is 2.16. The summed E-state index contributed by atoms with van der Waals surface area (Å²) in [6.45, 7) is 4.47. The zero-order valence-electron chi connectivity index (χ0n) is 14.5. The maximum atomic E-state index is 12.9. The molecule has 1 atom stereocenters. The first-order valence-electron chi connectivity index (χ1n) is 8.36. The van der Waals surface area contributed by atoms with E-state index in [0.717, 1.165) is 11.1 Å². The molecule has 1 unspecified atom stereocenters. The molecule has 0 fully saturated rings. The molecule has 0 spiro atoms. The summed E-state index contributed by atoms with van der Waals surface area (Å²) in [5, 5.41) is 3.39. The molecule has 0 saturated heterocycles. The molecule has 0 saturated carbocycles. The predicted molar refractivity (Wildman–Crippen MR) is 100 cm³/mol. The number of nitrogens with one attached hydrogen (secondary N) is 1. The molecule has 0 aliphatic rings. The van der Waals surface area contributed by atoms with Gasteiger partial charge in [-0.05, 0) is 37.1 Å². The van der Waals surface area contributed by atoms with Gasteiger partial charge in [0.05, 0.1) is 6.42 Å². The van der Waals surface area contributed by atoms with E-state index in [9.17, 15) is 9.59 Å². The van der Waals surface area contributed by atoms with E-state index >= 15 is 0 Å². The van der Waals surface area contributed by atoms with Crippen LogP contribution in [0.2, 0.25) is 5.02 Å². The molecule has 0 aromatic heterocycles. The van der Waals surface area contributed by atoms with Gasteiger partial charge < -0.3 is 10.2 Å². The van der Waals surface area contributed by atoms with Crippen LogP contribution in [0.5, 0.6) is 0 Å². The van der Waals surface area contributed by atoms with Gasteiger partial charge in [0.15, 0.2) is 0 Å². The number of likely N-dealkylation sites (N-methyl/N-ethyl adjacent to an activating group) is 1. The van der Waals surface area contributed by atoms with Gasteiger partial charge in [-0.3, -0.25) is 9.59 Å². The molecular weight excluding hydrogens is 336 g/mol. The molecule has 25 heavy (non-hydrogen) atoms. The fourth-order valence-corrected chi connectivity index (χ4v) is 2.82. The quantitative estimate of drug-likeness (QED) is 0.824. The molecule has 4 nitrogen and oxygen atoms in total. The van der Waals surface area contributed by atoms with Crippen molar-refractivity contribution in [3.8, 4) is 0 Å². The molecule has 0 radical (unpaired) electrons. The van der Waals surface area contributed by atoms with Crippen molar-refractivity contribution in [1.82, 2.24) is 10.2 Å². The minimum Gasteiger partial charge on any atom is -0.355 e. The molecule has 2 rings (SSSR count). The van der Waals surface area contributed by atoms with Gasteiger partial charge in [-0.15, -0.1) is 0 Å². The molecule has 0 heterocycles. The summed E-state index contributed by atoms with van der Waals surface area (Å²) in [5.41, 5.74) is 1.82. The fourth-order valence-electron chi connectivity index (χ4n) is 2.61. The molecule has 2 aromatic carbocycles. The van der Waals surface area contributed by atoms with Crippen molar-refractivity contribution in [3.05, 3.63) is 70.7 Å². The highest BCUT2D eigenvalue weighted by atomic mass is 35.5. The van der Waals surface area contributed by atoms with Crippen LogP contribution in [-0.4, -0.2) is 29.3 Å². The summed E-state index contributed by atoms with van der Waals surface area (Å²) in [4.78, 5) is 26.7. The van der Waals surface area contributed by atoms with Crippen LogP contribution < -0.4 is 5.32 Å². The summed E-state index contributed by atoms with van der Waals surface area (Å²) < 4.78 is 0. The first-order valence-corrected chi connectivity index (χ1v) is 8.74. The normalized spacial score (nSPS) is 11.6. The second-order valence-electron chi connectivity index (χ2n) is 5.88. The minimum absolute atomic E-state index is 0.0927. The predicted octanol–water partition coefficient (Wildman–Crippen LogP) is 3.44. The van der Waals surface area contributed by atoms with E-state index in [0.29, 0.717) is 18.1 Å². The number of benzene rings is 2. The Morgan fingerprint density at radius 1 is 1.08 bits per heavy atom. The SMILES string of the molecule is CCNC(=O)C(C)N(Cc1cccc(Cl)c1)C(=O)Cc1ccccc1. The van der Waals surface area contributed by atoms with Crippen LogP contribution in [0.1, 0.15) is 25.0 Å². The number of halogens is 1. The zero-order chi connectivity index (χ0) is 18.2. The number of carbonyl (C=O) groups excluding carboxylic acids is 2. The highest BCUT2D eigenvalue weighted by molar-refractivity contribution is 6.30. The third kappa shape index (κ3) is 5.61. The number of carbonyl (C=O) groups is 2. The van der Waals surface area contributed by atoms with Crippen molar-refractivity contribution in [1.29, 1.82) is 0 Å². The zero-order valence-corrected chi connectivity index (χ0v) is 15.3. The van der Waals surface area contributed by atoms with Crippen molar-refractivity contribution in [2.24, 2.45) is 0 Å². The lowest BCUT2D eigenvalue weighted by molar-refractivity contribution is -0.140. The number of rotatable bonds is 7. The van der Waals surface area contributed by atoms with E-state index in [1.807, 2.05) is 55.5 Å². The van der Waals surface area contributed by atoms with Crippen LogP contribution in [0.25, 0.3) is 0 Å². The number of hydrogen-bond acceptors (Lipinski definition) is 2. The molecular formula is C20H23ClN2O2. The Hall–Kier alpha value is -2.33. The smallest absolute Gasteiger partial charge is 0.242 e. The van der Waals surface area contributed by atoms with Crippen LogP contribution in [0.3, 0.4) is 0 Å². The van der Waals surface area contributed by atoms with E-state index in [4.69, 9.17) is 11.6 Å². The lowest BCUT2D eigenvalue weighted by Gasteiger charge is -2.29. The summed E-state index contributed by atoms with van der Waals surface area (Å²) in [6, 6.07) is 16.3. The summed E-state index contributed by atoms with van der Waals surface area (Å²) >= 11 is 6.05. The number of hydrogen-bond donors (Lipinski definition) is 1. The first kappa shape index (κ1) is 19.0. The molecule has 0 aliphatic heterocycles. The van der Waals surface area contributed by atoms with Gasteiger partial charge in [-0.1, -0.05) is 54.1 Å². The average molecular weight is 359 g/mol. The Morgan fingerprint density at radius 2 is 1.76 bits per heavy atom. The van der Waals surface area contributed by atoms with Gasteiger partial charge in [0.2, 0.25) is 11.8 Å². The largest absolute Gasteiger partial charge is 0.355 e. The lowest BCUT2D eigenvalue weighted by Crippen LogP contribution is -2.48. The Bertz CT molecular complexity index is 719. The van der Waals surface area contributed by atoms with E-state index in [1.54, 1.807) is 17.9 Å². The van der Waals surface area contributed by atoms with Crippen LogP contribution in [0.4, 0.5) is 0 Å². The Balaban J connectivity index is 2.21. The summed E-state index contributed by atoms with van der Waals surface area (Å²) in [6.07, 6.45) is 0.255. The van der Waals surface area contributed by atoms with Crippen molar-refractivity contribution in [2.45, 2.75) is 32.9 Å². The van der Waals surface area contributed by atoms with Crippen LogP contribution in [-0.2, 0) is 22.6 Å². The molecule has 2 amide bonds. The van der Waals surface area contributed by atoms with E-state index in [2.05, 4.69) is 5.32 Å². The minimum atomic E-state index is -0.560. The van der Waals surface area contributed by atoms with Gasteiger partial charge in [0.1, 0.15) is 6.04 Å². The highest BCUT2D eigenvalue weighted by Gasteiger charge is 2.25. The third-order valence-corrected chi connectivity index (χ3v) is 4.19. The first-order chi connectivity index (χ1) is 12.0. The molecule has 0 aliphatic carbocycles. The number of nitrogens with zero attached hydrogens (tertiary/aromatic N) is 1. The maximum Gasteiger partial charge on any atom is 0.242 e. The van der Waals surface area contributed by atoms with Gasteiger partial charge >= 0.3 is 0 Å². The Kier molecular flexibility index (Phi) is 7.02. The standard InChI is InChI=1S/C20H23ClN2O2/c1-3-22-20(25)15(2)23(14-17-10-7-11-18(21)12-17)19(24)13-16-8-5-4-6-9-16/h4-12,15H,3,13-14H2,1-2H3,(H,22,25). The molecule has 0 bridgehead atoms. The lowest BCUT2D eigenvalue weighted by atomic mass is 10.1. The van der Waals surface area contributed by atoms with E-state index in [-0.39, 0.29) is 18.2 Å². The van der Waals surface area contributed by atoms with Gasteiger partial charge in [-0.2, -0.15) is 0 Å². The monoisotopic (exact) mass is 358 g/mol. The Morgan fingerprint density at radius 3 is 2.40 bits per heavy atom. The summed E-state index contributed by atoms with van der Waals surface area (Å²) in [7, 11) is 0. The second kappa shape index (κ2) is 9.23. The van der Waals surface area contributed by atoms with Crippen molar-refractivity contribution in [3.63, 3.8) is 0 Å². The van der Waals surface area contributed by atoms with Gasteiger partial charge in [0, 0.05) is 18.1 Å². The van der Waals surface area contributed by atoms with Crippen molar-refractivity contribution in [2.75, 3.05) is 6.54 Å². The third-order valence-electron chi connectivity index (χ3n) is 3.96. The van der Waals surface area contributed by atoms with Crippen LogP contribution in [0.15, 0.2) is 54.6 Å². The van der Waals surface area contributed by atoms with E-state index < -0.39 is 6.04 Å². The second-order valence-corrected chi connectivity index (χ2v) is 6.32. The molecule has 132 valence electrons. The topological polar surface area (TPSA) is 49.4 Å². The molecule has 1 N–H and O–H groups in total. The molecule has 2 aromatic rings. The van der Waals surface area contributed by atoms with Crippen molar-refractivity contribution >= 4 is 23.4 Å². The summed E-state index contributed by atoms with van der Waals surface area (Å²) in [5.74, 6) is -0.254. The van der Waals surface area contributed by atoms with Crippen LogP contribution in [0, 0.1) is 0 Å². The molecule has 5 heteroatoms. The van der Waals surface area contributed by atoms with Gasteiger partial charge in [-0.25, -0.2) is 0 Å².